The van der Waals surface area contributed by atoms with Crippen LogP contribution in [0.5, 0.6) is 5.75 Å². The van der Waals surface area contributed by atoms with Gasteiger partial charge in [0.15, 0.2) is 6.10 Å². The van der Waals surface area contributed by atoms with Crippen molar-refractivity contribution in [3.8, 4) is 5.75 Å². The number of fused-ring (bicyclic) bond motifs is 1. The lowest BCUT2D eigenvalue weighted by Crippen LogP contribution is -2.36. The lowest BCUT2D eigenvalue weighted by molar-refractivity contribution is -0.122. The largest absolute Gasteiger partial charge is 0.479 e. The van der Waals surface area contributed by atoms with Crippen molar-refractivity contribution in [2.45, 2.75) is 38.7 Å². The van der Waals surface area contributed by atoms with Gasteiger partial charge in [-0.25, -0.2) is 8.42 Å². The van der Waals surface area contributed by atoms with E-state index in [2.05, 4.69) is 10.6 Å². The molecule has 0 saturated heterocycles. The Hall–Kier alpha value is -2.91. The summed E-state index contributed by atoms with van der Waals surface area (Å²) in [4.78, 5) is 24.2. The number of hydrogen-bond acceptors (Lipinski definition) is 5. The summed E-state index contributed by atoms with van der Waals surface area (Å²) >= 11 is 0. The molecule has 9 heteroatoms. The van der Waals surface area contributed by atoms with Crippen LogP contribution in [-0.2, 0) is 19.6 Å². The minimum Gasteiger partial charge on any atom is -0.479 e. The number of likely N-dealkylation sites (N-methyl/N-ethyl adjacent to an activating group) is 1. The molecule has 8 nitrogen and oxygen atoms in total. The summed E-state index contributed by atoms with van der Waals surface area (Å²) in [6.45, 7) is 6.76. The average molecular weight is 432 g/mol. The highest BCUT2D eigenvalue weighted by molar-refractivity contribution is 7.89. The quantitative estimate of drug-likeness (QED) is 0.757. The zero-order chi connectivity index (χ0) is 22.2. The van der Waals surface area contributed by atoms with Gasteiger partial charge in [0, 0.05) is 18.8 Å². The standard InChI is InChI=1S/C21H25N3O5S/c1-12-6-7-16(8-13(12)2)22-20(25)11-24(5)30(27,28)19-10-18-17(9-14(19)3)23-21(26)15(4)29-18/h6-10,15H,11H2,1-5H3,(H,22,25)(H,23,26)/t15-/m1/s1. The first kappa shape index (κ1) is 21.8. The van der Waals surface area contributed by atoms with Crippen molar-refractivity contribution in [3.05, 3.63) is 47.0 Å². The summed E-state index contributed by atoms with van der Waals surface area (Å²) in [7, 11) is -2.61. The van der Waals surface area contributed by atoms with E-state index < -0.39 is 22.0 Å². The van der Waals surface area contributed by atoms with E-state index in [0.29, 0.717) is 16.9 Å². The molecule has 2 aromatic carbocycles. The van der Waals surface area contributed by atoms with Gasteiger partial charge in [-0.1, -0.05) is 6.07 Å². The number of aryl methyl sites for hydroxylation is 3. The Balaban J connectivity index is 1.79. The van der Waals surface area contributed by atoms with E-state index >= 15 is 0 Å². The Kier molecular flexibility index (Phi) is 5.87. The average Bonchev–Trinajstić information content (AvgIpc) is 2.65. The van der Waals surface area contributed by atoms with E-state index in [-0.39, 0.29) is 23.1 Å². The normalized spacial score (nSPS) is 15.9. The second kappa shape index (κ2) is 8.08. The number of nitrogens with one attached hydrogen (secondary N) is 2. The lowest BCUT2D eigenvalue weighted by atomic mass is 10.1. The molecule has 0 bridgehead atoms. The number of carbonyl (C=O) groups is 2. The Bertz CT molecular complexity index is 1130. The highest BCUT2D eigenvalue weighted by Gasteiger charge is 2.30. The molecule has 2 amide bonds. The summed E-state index contributed by atoms with van der Waals surface area (Å²) in [5, 5.41) is 5.41. The molecule has 0 aromatic heterocycles. The topological polar surface area (TPSA) is 105 Å². The number of ether oxygens (including phenoxy) is 1. The smallest absolute Gasteiger partial charge is 0.265 e. The van der Waals surface area contributed by atoms with Gasteiger partial charge in [0.1, 0.15) is 5.75 Å². The van der Waals surface area contributed by atoms with Crippen molar-refractivity contribution in [2.75, 3.05) is 24.2 Å². The van der Waals surface area contributed by atoms with Crippen LogP contribution in [0.4, 0.5) is 11.4 Å². The molecule has 30 heavy (non-hydrogen) atoms. The summed E-state index contributed by atoms with van der Waals surface area (Å²) < 4.78 is 32.7. The molecule has 1 aliphatic heterocycles. The molecule has 0 aliphatic carbocycles. The first-order valence-electron chi connectivity index (χ1n) is 9.44. The molecular formula is C21H25N3O5S. The van der Waals surface area contributed by atoms with Crippen LogP contribution in [0.3, 0.4) is 0 Å². The van der Waals surface area contributed by atoms with Crippen LogP contribution < -0.4 is 15.4 Å². The molecule has 2 aromatic rings. The lowest BCUT2D eigenvalue weighted by Gasteiger charge is -2.25. The van der Waals surface area contributed by atoms with Crippen molar-refractivity contribution in [2.24, 2.45) is 0 Å². The molecular weight excluding hydrogens is 406 g/mol. The zero-order valence-corrected chi connectivity index (χ0v) is 18.4. The molecule has 160 valence electrons. The fourth-order valence-electron chi connectivity index (χ4n) is 3.10. The monoisotopic (exact) mass is 431 g/mol. The highest BCUT2D eigenvalue weighted by atomic mass is 32.2. The first-order chi connectivity index (χ1) is 14.0. The summed E-state index contributed by atoms with van der Waals surface area (Å²) in [5.41, 5.74) is 3.60. The Morgan fingerprint density at radius 2 is 1.83 bits per heavy atom. The van der Waals surface area contributed by atoms with Crippen LogP contribution >= 0.6 is 0 Å². The Morgan fingerprint density at radius 1 is 1.13 bits per heavy atom. The Labute approximate surface area is 176 Å². The van der Waals surface area contributed by atoms with Crippen molar-refractivity contribution < 1.29 is 22.7 Å². The van der Waals surface area contributed by atoms with Crippen molar-refractivity contribution >= 4 is 33.2 Å². The SMILES string of the molecule is Cc1ccc(NC(=O)CN(C)S(=O)(=O)c2cc3c(cc2C)NC(=O)[C@@H](C)O3)cc1C. The maximum atomic E-state index is 13.1. The molecule has 0 saturated carbocycles. The van der Waals surface area contributed by atoms with Crippen LogP contribution in [0.2, 0.25) is 0 Å². The van der Waals surface area contributed by atoms with Gasteiger partial charge in [-0.05, 0) is 62.6 Å². The van der Waals surface area contributed by atoms with Gasteiger partial charge >= 0.3 is 0 Å². The molecule has 0 radical (unpaired) electrons. The molecule has 0 unspecified atom stereocenters. The van der Waals surface area contributed by atoms with Gasteiger partial charge in [-0.15, -0.1) is 0 Å². The fraction of sp³-hybridized carbons (Fsp3) is 0.333. The van der Waals surface area contributed by atoms with Gasteiger partial charge in [0.05, 0.1) is 17.1 Å². The van der Waals surface area contributed by atoms with Crippen molar-refractivity contribution in [3.63, 3.8) is 0 Å². The van der Waals surface area contributed by atoms with E-state index in [0.717, 1.165) is 15.4 Å². The number of benzene rings is 2. The number of sulfonamides is 1. The minimum atomic E-state index is -3.96. The van der Waals surface area contributed by atoms with E-state index in [1.54, 1.807) is 26.0 Å². The van der Waals surface area contributed by atoms with E-state index in [9.17, 15) is 18.0 Å². The fourth-order valence-corrected chi connectivity index (χ4v) is 4.44. The van der Waals surface area contributed by atoms with Crippen LogP contribution in [0.15, 0.2) is 35.2 Å². The van der Waals surface area contributed by atoms with Crippen LogP contribution in [0.1, 0.15) is 23.6 Å². The van der Waals surface area contributed by atoms with Gasteiger partial charge < -0.3 is 15.4 Å². The van der Waals surface area contributed by atoms with Crippen LogP contribution in [0.25, 0.3) is 0 Å². The molecule has 1 atom stereocenters. The number of amides is 2. The number of nitrogens with zero attached hydrogens (tertiary/aromatic N) is 1. The second-order valence-electron chi connectivity index (χ2n) is 7.47. The maximum Gasteiger partial charge on any atom is 0.265 e. The van der Waals surface area contributed by atoms with Gasteiger partial charge in [-0.2, -0.15) is 4.31 Å². The summed E-state index contributed by atoms with van der Waals surface area (Å²) in [5.74, 6) is -0.464. The van der Waals surface area contributed by atoms with Crippen molar-refractivity contribution in [1.82, 2.24) is 4.31 Å². The van der Waals surface area contributed by atoms with E-state index in [1.165, 1.54) is 13.1 Å². The maximum absolute atomic E-state index is 13.1. The zero-order valence-electron chi connectivity index (χ0n) is 17.6. The predicted octanol–water partition coefficient (Wildman–Crippen LogP) is 2.59. The first-order valence-corrected chi connectivity index (χ1v) is 10.9. The van der Waals surface area contributed by atoms with E-state index in [4.69, 9.17) is 4.74 Å². The summed E-state index contributed by atoms with van der Waals surface area (Å²) in [6.07, 6.45) is -0.725. The highest BCUT2D eigenvalue weighted by Crippen LogP contribution is 2.35. The molecule has 0 fully saturated rings. The van der Waals surface area contributed by atoms with Gasteiger partial charge in [0.2, 0.25) is 15.9 Å². The summed E-state index contributed by atoms with van der Waals surface area (Å²) in [6, 6.07) is 8.43. The van der Waals surface area contributed by atoms with Gasteiger partial charge in [-0.3, -0.25) is 9.59 Å². The predicted molar refractivity (Wildman–Crippen MR) is 114 cm³/mol. The third kappa shape index (κ3) is 4.31. The third-order valence-electron chi connectivity index (χ3n) is 5.05. The van der Waals surface area contributed by atoms with Gasteiger partial charge in [0.25, 0.3) is 5.91 Å². The minimum absolute atomic E-state index is 0.0195. The third-order valence-corrected chi connectivity index (χ3v) is 7.00. The van der Waals surface area contributed by atoms with Crippen LogP contribution in [0, 0.1) is 20.8 Å². The molecule has 1 heterocycles. The molecule has 2 N–H and O–H groups in total. The number of anilines is 2. The molecule has 3 rings (SSSR count). The van der Waals surface area contributed by atoms with Crippen molar-refractivity contribution in [1.29, 1.82) is 0 Å². The number of hydrogen-bond donors (Lipinski definition) is 2. The van der Waals surface area contributed by atoms with E-state index in [1.807, 2.05) is 26.0 Å². The Morgan fingerprint density at radius 3 is 2.50 bits per heavy atom. The number of carbonyl (C=O) groups excluding carboxylic acids is 2. The molecule has 1 aliphatic rings. The van der Waals surface area contributed by atoms with Crippen LogP contribution in [-0.4, -0.2) is 44.2 Å². The molecule has 0 spiro atoms. The number of rotatable bonds is 5. The second-order valence-corrected chi connectivity index (χ2v) is 9.48.